The Morgan fingerprint density at radius 2 is 1.94 bits per heavy atom. The monoisotopic (exact) mass is 478 g/mol. The fourth-order valence-corrected chi connectivity index (χ4v) is 4.38. The van der Waals surface area contributed by atoms with Crippen molar-refractivity contribution in [3.63, 3.8) is 0 Å². The van der Waals surface area contributed by atoms with Crippen molar-refractivity contribution in [2.75, 3.05) is 20.6 Å². The third-order valence-electron chi connectivity index (χ3n) is 6.09. The smallest absolute Gasteiger partial charge is 0.123 e. The molecule has 0 unspecified atom stereocenters. The van der Waals surface area contributed by atoms with E-state index in [0.29, 0.717) is 0 Å². The molecule has 6 nitrogen and oxygen atoms in total. The van der Waals surface area contributed by atoms with Crippen LogP contribution >= 0.6 is 0 Å². The summed E-state index contributed by atoms with van der Waals surface area (Å²) in [5.41, 5.74) is 7.92. The molecule has 0 radical (unpaired) electrons. The Kier molecular flexibility index (Phi) is 6.31. The van der Waals surface area contributed by atoms with E-state index in [1.54, 1.807) is 24.7 Å². The first-order valence-electron chi connectivity index (χ1n) is 11.7. The number of likely N-dealkylation sites (N-methyl/N-ethyl adjacent to an activating group) is 1. The molecule has 0 amide bonds. The molecular formula is C29H27FN6. The molecule has 5 rings (SSSR count). The fourth-order valence-electron chi connectivity index (χ4n) is 4.38. The van der Waals surface area contributed by atoms with Gasteiger partial charge >= 0.3 is 0 Å². The minimum atomic E-state index is -0.280. The molecule has 0 aliphatic heterocycles. The van der Waals surface area contributed by atoms with Crippen molar-refractivity contribution >= 4 is 27.4 Å². The van der Waals surface area contributed by atoms with Gasteiger partial charge in [-0.25, -0.2) is 4.39 Å². The van der Waals surface area contributed by atoms with Crippen LogP contribution in [-0.2, 0) is 0 Å². The Balaban J connectivity index is 1.59. The topological polar surface area (TPSA) is 73.5 Å². The standard InChI is InChI=1S/C29H27FN6/c1-5-18(17-36(3)4)10-19(6-2)25-13-23-28(16-32-25)34-35-29(23)26-12-22-24(14-31-15-27(22)33-26)20-8-7-9-21(30)11-20/h5-16,33H,1,17H2,2-4H3,(H,34,35)/b18-10+,19-6+. The minimum Gasteiger partial charge on any atom is -0.352 e. The van der Waals surface area contributed by atoms with Gasteiger partial charge in [0.05, 0.1) is 34.8 Å². The van der Waals surface area contributed by atoms with Gasteiger partial charge in [-0.2, -0.15) is 5.10 Å². The summed E-state index contributed by atoms with van der Waals surface area (Å²) in [6, 6.07) is 10.6. The number of benzene rings is 1. The van der Waals surface area contributed by atoms with Gasteiger partial charge in [-0.3, -0.25) is 15.1 Å². The Hall–Kier alpha value is -4.36. The van der Waals surface area contributed by atoms with Crippen LogP contribution in [0.4, 0.5) is 4.39 Å². The summed E-state index contributed by atoms with van der Waals surface area (Å²) in [5.74, 6) is -0.280. The van der Waals surface area contributed by atoms with Crippen LogP contribution in [0.1, 0.15) is 12.6 Å². The molecule has 0 fully saturated rings. The zero-order valence-corrected chi connectivity index (χ0v) is 20.5. The molecule has 180 valence electrons. The highest BCUT2D eigenvalue weighted by molar-refractivity contribution is 6.01. The van der Waals surface area contributed by atoms with Crippen LogP contribution in [0.25, 0.3) is 49.9 Å². The largest absolute Gasteiger partial charge is 0.352 e. The van der Waals surface area contributed by atoms with Gasteiger partial charge in [-0.05, 0) is 68.1 Å². The van der Waals surface area contributed by atoms with Gasteiger partial charge in [-0.15, -0.1) is 0 Å². The van der Waals surface area contributed by atoms with Crippen LogP contribution in [-0.4, -0.2) is 50.7 Å². The highest BCUT2D eigenvalue weighted by atomic mass is 19.1. The first-order valence-corrected chi connectivity index (χ1v) is 11.7. The normalized spacial score (nSPS) is 12.7. The van der Waals surface area contributed by atoms with Crippen LogP contribution < -0.4 is 0 Å². The average molecular weight is 479 g/mol. The number of aromatic amines is 2. The van der Waals surface area contributed by atoms with E-state index in [2.05, 4.69) is 42.7 Å². The third kappa shape index (κ3) is 4.48. The maximum absolute atomic E-state index is 13.9. The number of nitrogens with zero attached hydrogens (tertiary/aromatic N) is 4. The molecule has 1 aromatic carbocycles. The van der Waals surface area contributed by atoms with Gasteiger partial charge in [0.25, 0.3) is 0 Å². The molecule has 0 saturated heterocycles. The molecule has 36 heavy (non-hydrogen) atoms. The second-order valence-corrected chi connectivity index (χ2v) is 8.93. The Bertz CT molecular complexity index is 1640. The quantitative estimate of drug-likeness (QED) is 0.266. The van der Waals surface area contributed by atoms with Gasteiger partial charge < -0.3 is 9.88 Å². The van der Waals surface area contributed by atoms with Crippen molar-refractivity contribution in [3.05, 3.63) is 96.9 Å². The van der Waals surface area contributed by atoms with Crippen LogP contribution in [0, 0.1) is 5.82 Å². The third-order valence-corrected chi connectivity index (χ3v) is 6.09. The van der Waals surface area contributed by atoms with E-state index in [1.165, 1.54) is 12.1 Å². The summed E-state index contributed by atoms with van der Waals surface area (Å²) >= 11 is 0. The van der Waals surface area contributed by atoms with E-state index in [4.69, 9.17) is 0 Å². The number of hydrogen-bond donors (Lipinski definition) is 2. The zero-order chi connectivity index (χ0) is 25.2. The summed E-state index contributed by atoms with van der Waals surface area (Å²) in [6.07, 6.45) is 11.4. The summed E-state index contributed by atoms with van der Waals surface area (Å²) in [5, 5.41) is 9.58. The highest BCUT2D eigenvalue weighted by Crippen LogP contribution is 2.34. The van der Waals surface area contributed by atoms with E-state index in [9.17, 15) is 4.39 Å². The lowest BCUT2D eigenvalue weighted by molar-refractivity contribution is 0.449. The molecule has 0 saturated carbocycles. The van der Waals surface area contributed by atoms with Gasteiger partial charge in [0.15, 0.2) is 0 Å². The fraction of sp³-hybridized carbons (Fsp3) is 0.138. The summed E-state index contributed by atoms with van der Waals surface area (Å²) in [6.45, 7) is 6.75. The number of hydrogen-bond acceptors (Lipinski definition) is 4. The first-order chi connectivity index (χ1) is 17.5. The van der Waals surface area contributed by atoms with Crippen molar-refractivity contribution in [1.82, 2.24) is 30.0 Å². The Morgan fingerprint density at radius 1 is 1.08 bits per heavy atom. The van der Waals surface area contributed by atoms with Crippen LogP contribution in [0.3, 0.4) is 0 Å². The highest BCUT2D eigenvalue weighted by Gasteiger charge is 2.15. The van der Waals surface area contributed by atoms with Crippen molar-refractivity contribution in [1.29, 1.82) is 0 Å². The maximum atomic E-state index is 13.9. The number of H-pyrrole nitrogens is 2. The van der Waals surface area contributed by atoms with Crippen molar-refractivity contribution in [2.45, 2.75) is 6.92 Å². The zero-order valence-electron chi connectivity index (χ0n) is 20.5. The molecule has 5 aromatic rings. The average Bonchev–Trinajstić information content (AvgIpc) is 3.49. The van der Waals surface area contributed by atoms with Crippen molar-refractivity contribution in [3.8, 4) is 22.5 Å². The summed E-state index contributed by atoms with van der Waals surface area (Å²) in [7, 11) is 4.06. The second kappa shape index (κ2) is 9.71. The van der Waals surface area contributed by atoms with E-state index in [1.807, 2.05) is 51.4 Å². The van der Waals surface area contributed by atoms with Crippen molar-refractivity contribution in [2.24, 2.45) is 0 Å². The lowest BCUT2D eigenvalue weighted by Gasteiger charge is -2.11. The van der Waals surface area contributed by atoms with Gasteiger partial charge in [0.1, 0.15) is 11.5 Å². The molecule has 0 atom stereocenters. The van der Waals surface area contributed by atoms with E-state index in [0.717, 1.165) is 67.7 Å². The number of fused-ring (bicyclic) bond motifs is 2. The Labute approximate surface area is 208 Å². The summed E-state index contributed by atoms with van der Waals surface area (Å²) in [4.78, 5) is 14.6. The number of nitrogens with one attached hydrogen (secondary N) is 2. The number of halogens is 1. The SMILES string of the molecule is C=C/C(=C\C(=C/C)c1cc2c(-c3cc4c(-c5cccc(F)c5)cncc4[nH]3)n[nH]c2cn1)CN(C)C. The number of pyridine rings is 2. The molecule has 4 heterocycles. The maximum Gasteiger partial charge on any atom is 0.123 e. The van der Waals surface area contributed by atoms with Gasteiger partial charge in [-0.1, -0.05) is 30.9 Å². The molecule has 0 aliphatic rings. The van der Waals surface area contributed by atoms with Crippen molar-refractivity contribution < 1.29 is 4.39 Å². The lowest BCUT2D eigenvalue weighted by Crippen LogP contribution is -2.14. The molecule has 7 heteroatoms. The molecule has 4 aromatic heterocycles. The molecule has 0 aliphatic carbocycles. The van der Waals surface area contributed by atoms with Crippen LogP contribution in [0.2, 0.25) is 0 Å². The summed E-state index contributed by atoms with van der Waals surface area (Å²) < 4.78 is 13.9. The Morgan fingerprint density at radius 3 is 2.69 bits per heavy atom. The minimum absolute atomic E-state index is 0.280. The second-order valence-electron chi connectivity index (χ2n) is 8.93. The number of aromatic nitrogens is 5. The van der Waals surface area contributed by atoms with Crippen LogP contribution in [0.15, 0.2) is 85.4 Å². The van der Waals surface area contributed by atoms with E-state index >= 15 is 0 Å². The van der Waals surface area contributed by atoms with Crippen LogP contribution in [0.5, 0.6) is 0 Å². The van der Waals surface area contributed by atoms with E-state index < -0.39 is 0 Å². The predicted octanol–water partition coefficient (Wildman–Crippen LogP) is 6.38. The van der Waals surface area contributed by atoms with Gasteiger partial charge in [0.2, 0.25) is 0 Å². The predicted molar refractivity (Wildman–Crippen MR) is 145 cm³/mol. The number of rotatable bonds is 7. The molecule has 0 bridgehead atoms. The molecule has 2 N–H and O–H groups in total. The lowest BCUT2D eigenvalue weighted by atomic mass is 10.0. The van der Waals surface area contributed by atoms with Gasteiger partial charge in [0, 0.05) is 29.1 Å². The first kappa shape index (κ1) is 23.4. The number of allylic oxidation sites excluding steroid dienone is 3. The molecule has 0 spiro atoms. The molecular weight excluding hydrogens is 451 g/mol. The van der Waals surface area contributed by atoms with E-state index in [-0.39, 0.29) is 5.82 Å².